The molecular weight excluding hydrogens is 266 g/mol. The lowest BCUT2D eigenvalue weighted by atomic mass is 10.2. The van der Waals surface area contributed by atoms with E-state index in [0.717, 1.165) is 11.3 Å². The molecule has 100 valence electrons. The molecule has 0 unspecified atom stereocenters. The average Bonchev–Trinajstić information content (AvgIpc) is 2.70. The number of aromatic hydroxyl groups is 1. The summed E-state index contributed by atoms with van der Waals surface area (Å²) in [6.07, 6.45) is 1.72. The van der Waals surface area contributed by atoms with Gasteiger partial charge in [-0.2, -0.15) is 5.10 Å². The van der Waals surface area contributed by atoms with Gasteiger partial charge in [-0.3, -0.25) is 9.48 Å². The van der Waals surface area contributed by atoms with Crippen molar-refractivity contribution in [2.45, 2.75) is 13.5 Å². The summed E-state index contributed by atoms with van der Waals surface area (Å²) >= 11 is 5.76. The van der Waals surface area contributed by atoms with Crippen molar-refractivity contribution in [2.75, 3.05) is 0 Å². The molecule has 0 fully saturated rings. The van der Waals surface area contributed by atoms with Crippen LogP contribution >= 0.6 is 11.6 Å². The number of amides is 1. The Hall–Kier alpha value is -2.01. The second-order valence-corrected chi connectivity index (χ2v) is 4.63. The molecule has 1 aromatic carbocycles. The minimum atomic E-state index is -0.245. The van der Waals surface area contributed by atoms with E-state index in [0.29, 0.717) is 12.1 Å². The summed E-state index contributed by atoms with van der Waals surface area (Å²) in [5.74, 6) is -0.286. The summed E-state index contributed by atoms with van der Waals surface area (Å²) < 4.78 is 1.75. The molecule has 1 heterocycles. The van der Waals surface area contributed by atoms with Gasteiger partial charge in [0, 0.05) is 30.4 Å². The smallest absolute Gasteiger partial charge is 0.251 e. The molecule has 19 heavy (non-hydrogen) atoms. The minimum absolute atomic E-state index is 0.0404. The fraction of sp³-hybridized carbons (Fsp3) is 0.231. The van der Waals surface area contributed by atoms with E-state index < -0.39 is 0 Å². The molecule has 0 saturated heterocycles. The number of carbonyl (C=O) groups excluding carboxylic acids is 1. The predicted octanol–water partition coefficient (Wildman–Crippen LogP) is 2.02. The minimum Gasteiger partial charge on any atom is -0.506 e. The van der Waals surface area contributed by atoms with Crippen LogP contribution in [0.2, 0.25) is 5.02 Å². The molecule has 0 saturated carbocycles. The van der Waals surface area contributed by atoms with Crippen molar-refractivity contribution in [3.05, 3.63) is 46.2 Å². The first-order valence-electron chi connectivity index (χ1n) is 5.73. The van der Waals surface area contributed by atoms with Gasteiger partial charge >= 0.3 is 0 Å². The normalized spacial score (nSPS) is 10.5. The van der Waals surface area contributed by atoms with Crippen LogP contribution in [-0.4, -0.2) is 20.8 Å². The summed E-state index contributed by atoms with van der Waals surface area (Å²) in [4.78, 5) is 11.9. The van der Waals surface area contributed by atoms with E-state index in [1.807, 2.05) is 14.0 Å². The summed E-state index contributed by atoms with van der Waals surface area (Å²) in [6, 6.07) is 4.35. The second-order valence-electron chi connectivity index (χ2n) is 4.23. The van der Waals surface area contributed by atoms with Crippen LogP contribution in [0.25, 0.3) is 0 Å². The van der Waals surface area contributed by atoms with Gasteiger partial charge in [-0.15, -0.1) is 0 Å². The van der Waals surface area contributed by atoms with Gasteiger partial charge in [-0.05, 0) is 25.1 Å². The summed E-state index contributed by atoms with van der Waals surface area (Å²) in [5, 5.41) is 16.3. The first-order valence-corrected chi connectivity index (χ1v) is 6.11. The average molecular weight is 280 g/mol. The highest BCUT2D eigenvalue weighted by atomic mass is 35.5. The molecule has 0 aliphatic carbocycles. The van der Waals surface area contributed by atoms with Crippen LogP contribution in [0.15, 0.2) is 24.4 Å². The van der Waals surface area contributed by atoms with Crippen molar-refractivity contribution in [2.24, 2.45) is 7.05 Å². The topological polar surface area (TPSA) is 67.2 Å². The molecule has 2 N–H and O–H groups in total. The molecule has 0 radical (unpaired) electrons. The first-order chi connectivity index (χ1) is 8.99. The van der Waals surface area contributed by atoms with Gasteiger partial charge in [-0.25, -0.2) is 0 Å². The molecule has 1 aromatic heterocycles. The van der Waals surface area contributed by atoms with Crippen LogP contribution < -0.4 is 5.32 Å². The number of nitrogens with zero attached hydrogens (tertiary/aromatic N) is 2. The fourth-order valence-corrected chi connectivity index (χ4v) is 1.82. The molecular formula is C13H14ClN3O2. The maximum atomic E-state index is 11.9. The van der Waals surface area contributed by atoms with Crippen molar-refractivity contribution in [1.29, 1.82) is 0 Å². The summed E-state index contributed by atoms with van der Waals surface area (Å²) in [5.41, 5.74) is 2.37. The van der Waals surface area contributed by atoms with Crippen LogP contribution in [-0.2, 0) is 13.6 Å². The van der Waals surface area contributed by atoms with Crippen LogP contribution in [0.4, 0.5) is 0 Å². The zero-order valence-corrected chi connectivity index (χ0v) is 11.4. The lowest BCUT2D eigenvalue weighted by molar-refractivity contribution is 0.0951. The zero-order chi connectivity index (χ0) is 14.0. The molecule has 0 aliphatic heterocycles. The van der Waals surface area contributed by atoms with Gasteiger partial charge in [0.2, 0.25) is 0 Å². The summed E-state index contributed by atoms with van der Waals surface area (Å²) in [7, 11) is 1.85. The third kappa shape index (κ3) is 2.88. The number of hydrogen-bond donors (Lipinski definition) is 2. The van der Waals surface area contributed by atoms with E-state index in [2.05, 4.69) is 10.4 Å². The molecule has 0 spiro atoms. The molecule has 6 heteroatoms. The Morgan fingerprint density at radius 3 is 2.84 bits per heavy atom. The van der Waals surface area contributed by atoms with Gasteiger partial charge in [-0.1, -0.05) is 11.6 Å². The molecule has 2 rings (SSSR count). The lowest BCUT2D eigenvalue weighted by Crippen LogP contribution is -2.23. The Balaban J connectivity index is 2.05. The monoisotopic (exact) mass is 279 g/mol. The standard InChI is InChI=1S/C13H14ClN3O2/c1-8-10(7-16-17(8)2)6-15-13(19)9-3-4-12(18)11(14)5-9/h3-5,7,18H,6H2,1-2H3,(H,15,19). The molecule has 5 nitrogen and oxygen atoms in total. The molecule has 0 aliphatic rings. The summed E-state index contributed by atoms with van der Waals surface area (Å²) in [6.45, 7) is 2.34. The number of nitrogens with one attached hydrogen (secondary N) is 1. The van der Waals surface area contributed by atoms with Crippen LogP contribution in [0.5, 0.6) is 5.75 Å². The number of carbonyl (C=O) groups is 1. The van der Waals surface area contributed by atoms with Crippen molar-refractivity contribution in [1.82, 2.24) is 15.1 Å². The zero-order valence-electron chi connectivity index (χ0n) is 10.6. The number of benzene rings is 1. The Bertz CT molecular complexity index is 622. The second kappa shape index (κ2) is 5.32. The highest BCUT2D eigenvalue weighted by Crippen LogP contribution is 2.23. The van der Waals surface area contributed by atoms with E-state index in [4.69, 9.17) is 11.6 Å². The Kier molecular flexibility index (Phi) is 3.76. The number of hydrogen-bond acceptors (Lipinski definition) is 3. The Morgan fingerprint density at radius 2 is 2.26 bits per heavy atom. The number of aromatic nitrogens is 2. The first kappa shape index (κ1) is 13.4. The van der Waals surface area contributed by atoms with Crippen LogP contribution in [0, 0.1) is 6.92 Å². The van der Waals surface area contributed by atoms with Crippen LogP contribution in [0.3, 0.4) is 0 Å². The molecule has 0 atom stereocenters. The highest BCUT2D eigenvalue weighted by Gasteiger charge is 2.10. The fourth-order valence-electron chi connectivity index (χ4n) is 1.64. The van der Waals surface area contributed by atoms with Crippen LogP contribution in [0.1, 0.15) is 21.6 Å². The van der Waals surface area contributed by atoms with E-state index in [-0.39, 0.29) is 16.7 Å². The van der Waals surface area contributed by atoms with E-state index in [1.54, 1.807) is 10.9 Å². The number of phenolic OH excluding ortho intramolecular Hbond substituents is 1. The quantitative estimate of drug-likeness (QED) is 0.903. The maximum absolute atomic E-state index is 11.9. The lowest BCUT2D eigenvalue weighted by Gasteiger charge is -2.06. The van der Waals surface area contributed by atoms with Gasteiger partial charge in [0.15, 0.2) is 0 Å². The number of aryl methyl sites for hydroxylation is 1. The van der Waals surface area contributed by atoms with E-state index in [9.17, 15) is 9.90 Å². The van der Waals surface area contributed by atoms with Crippen molar-refractivity contribution in [3.63, 3.8) is 0 Å². The Morgan fingerprint density at radius 1 is 1.53 bits per heavy atom. The van der Waals surface area contributed by atoms with Gasteiger partial charge < -0.3 is 10.4 Å². The number of rotatable bonds is 3. The van der Waals surface area contributed by atoms with Gasteiger partial charge in [0.05, 0.1) is 11.2 Å². The molecule has 2 aromatic rings. The van der Waals surface area contributed by atoms with Gasteiger partial charge in [0.25, 0.3) is 5.91 Å². The Labute approximate surface area is 115 Å². The SMILES string of the molecule is Cc1c(CNC(=O)c2ccc(O)c(Cl)c2)cnn1C. The molecule has 0 bridgehead atoms. The highest BCUT2D eigenvalue weighted by molar-refractivity contribution is 6.32. The third-order valence-corrected chi connectivity index (χ3v) is 3.29. The van der Waals surface area contributed by atoms with E-state index in [1.165, 1.54) is 18.2 Å². The third-order valence-electron chi connectivity index (χ3n) is 2.99. The van der Waals surface area contributed by atoms with Crippen molar-refractivity contribution < 1.29 is 9.90 Å². The van der Waals surface area contributed by atoms with Crippen molar-refractivity contribution >= 4 is 17.5 Å². The van der Waals surface area contributed by atoms with E-state index >= 15 is 0 Å². The van der Waals surface area contributed by atoms with Gasteiger partial charge in [0.1, 0.15) is 5.75 Å². The predicted molar refractivity (Wildman–Crippen MR) is 72.2 cm³/mol. The number of halogens is 1. The maximum Gasteiger partial charge on any atom is 0.251 e. The number of phenols is 1. The van der Waals surface area contributed by atoms with Crippen molar-refractivity contribution in [3.8, 4) is 5.75 Å². The largest absolute Gasteiger partial charge is 0.506 e. The molecule has 1 amide bonds.